The van der Waals surface area contributed by atoms with Crippen LogP contribution < -0.4 is 0 Å². The maximum absolute atomic E-state index is 6.04. The zero-order valence-electron chi connectivity index (χ0n) is 10.7. The van der Waals surface area contributed by atoms with Crippen LogP contribution in [0, 0.1) is 0 Å². The molecule has 0 saturated heterocycles. The van der Waals surface area contributed by atoms with Crippen molar-refractivity contribution in [2.45, 2.75) is 24.6 Å². The number of halogens is 3. The number of hydrogen-bond donors (Lipinski definition) is 0. The molecule has 0 aliphatic heterocycles. The van der Waals surface area contributed by atoms with Crippen molar-refractivity contribution < 1.29 is 0 Å². The maximum Gasteiger partial charge on any atom is 0.0595 e. The van der Waals surface area contributed by atoms with Gasteiger partial charge in [0.1, 0.15) is 0 Å². The smallest absolute Gasteiger partial charge is 0.0595 e. The van der Waals surface area contributed by atoms with Crippen LogP contribution in [0.15, 0.2) is 42.5 Å². The van der Waals surface area contributed by atoms with Crippen LogP contribution in [0.2, 0.25) is 10.0 Å². The van der Waals surface area contributed by atoms with Gasteiger partial charge in [0, 0.05) is 4.83 Å². The Morgan fingerprint density at radius 3 is 2.16 bits per heavy atom. The van der Waals surface area contributed by atoms with Gasteiger partial charge in [-0.25, -0.2) is 0 Å². The summed E-state index contributed by atoms with van der Waals surface area (Å²) < 4.78 is 0. The summed E-state index contributed by atoms with van der Waals surface area (Å²) in [7, 11) is 0. The van der Waals surface area contributed by atoms with E-state index in [1.54, 1.807) is 0 Å². The Labute approximate surface area is 132 Å². The normalized spacial score (nSPS) is 12.4. The summed E-state index contributed by atoms with van der Waals surface area (Å²) in [6, 6.07) is 14.5. The highest BCUT2D eigenvalue weighted by Gasteiger charge is 2.09. The van der Waals surface area contributed by atoms with Crippen molar-refractivity contribution >= 4 is 39.1 Å². The molecule has 0 aliphatic rings. The van der Waals surface area contributed by atoms with Gasteiger partial charge in [0.15, 0.2) is 0 Å². The number of rotatable bonds is 4. The molecule has 0 aromatic heterocycles. The number of hydrogen-bond acceptors (Lipinski definition) is 0. The Balaban J connectivity index is 2.10. The fraction of sp³-hybridized carbons (Fsp3) is 0.250. The lowest BCUT2D eigenvalue weighted by Gasteiger charge is -2.11. The zero-order chi connectivity index (χ0) is 13.8. The molecular weight excluding hydrogens is 343 g/mol. The van der Waals surface area contributed by atoms with Crippen LogP contribution in [0.3, 0.4) is 0 Å². The lowest BCUT2D eigenvalue weighted by molar-refractivity contribution is 0.946. The zero-order valence-corrected chi connectivity index (χ0v) is 13.8. The molecule has 0 bridgehead atoms. The second kappa shape index (κ2) is 6.78. The first-order valence-corrected chi connectivity index (χ1v) is 7.94. The van der Waals surface area contributed by atoms with Gasteiger partial charge in [0.25, 0.3) is 0 Å². The predicted octanol–water partition coefficient (Wildman–Crippen LogP) is 6.23. The van der Waals surface area contributed by atoms with Crippen molar-refractivity contribution in [1.82, 2.24) is 0 Å². The Hall–Kier alpha value is -0.500. The quantitative estimate of drug-likeness (QED) is 0.568. The molecule has 0 radical (unpaired) electrons. The first-order chi connectivity index (χ1) is 9.10. The summed E-state index contributed by atoms with van der Waals surface area (Å²) in [6.45, 7) is 2.16. The highest BCUT2D eigenvalue weighted by Crippen LogP contribution is 2.30. The summed E-state index contributed by atoms with van der Waals surface area (Å²) >= 11 is 15.7. The van der Waals surface area contributed by atoms with E-state index in [4.69, 9.17) is 23.2 Å². The molecule has 3 heteroatoms. The Bertz CT molecular complexity index is 549. The third kappa shape index (κ3) is 3.98. The lowest BCUT2D eigenvalue weighted by atomic mass is 10.0. The summed E-state index contributed by atoms with van der Waals surface area (Å²) in [6.07, 6.45) is 1.96. The number of alkyl halides is 1. The van der Waals surface area contributed by atoms with Crippen LogP contribution >= 0.6 is 39.1 Å². The van der Waals surface area contributed by atoms with E-state index in [9.17, 15) is 0 Å². The molecule has 0 nitrogen and oxygen atoms in total. The van der Waals surface area contributed by atoms with E-state index in [2.05, 4.69) is 47.1 Å². The van der Waals surface area contributed by atoms with E-state index in [-0.39, 0.29) is 4.83 Å². The van der Waals surface area contributed by atoms with Crippen LogP contribution in [0.4, 0.5) is 0 Å². The van der Waals surface area contributed by atoms with Gasteiger partial charge in [-0.15, -0.1) is 0 Å². The SMILES string of the molecule is CCc1ccc(C(Br)Cc2ccc(Cl)c(Cl)c2)cc1. The second-order valence-corrected chi connectivity index (χ2v) is 6.43. The van der Waals surface area contributed by atoms with Gasteiger partial charge >= 0.3 is 0 Å². The fourth-order valence-corrected chi connectivity index (χ4v) is 2.95. The second-order valence-electron chi connectivity index (χ2n) is 4.52. The third-order valence-corrected chi connectivity index (χ3v) is 4.74. The molecule has 0 aliphatic carbocycles. The molecule has 2 aromatic rings. The molecular formula is C16H15BrCl2. The van der Waals surface area contributed by atoms with Crippen LogP contribution in [0.25, 0.3) is 0 Å². The highest BCUT2D eigenvalue weighted by atomic mass is 79.9. The van der Waals surface area contributed by atoms with Gasteiger partial charge in [-0.1, -0.05) is 76.4 Å². The molecule has 0 N–H and O–H groups in total. The molecule has 0 heterocycles. The molecule has 2 rings (SSSR count). The van der Waals surface area contributed by atoms with Crippen LogP contribution in [-0.2, 0) is 12.8 Å². The number of benzene rings is 2. The Morgan fingerprint density at radius 2 is 1.58 bits per heavy atom. The van der Waals surface area contributed by atoms with Gasteiger partial charge in [0.2, 0.25) is 0 Å². The largest absolute Gasteiger partial charge is 0.0835 e. The minimum Gasteiger partial charge on any atom is -0.0835 e. The lowest BCUT2D eigenvalue weighted by Crippen LogP contribution is -1.96. The maximum atomic E-state index is 6.04. The fourth-order valence-electron chi connectivity index (χ4n) is 1.95. The van der Waals surface area contributed by atoms with E-state index in [0.717, 1.165) is 12.8 Å². The van der Waals surface area contributed by atoms with E-state index in [0.29, 0.717) is 10.0 Å². The topological polar surface area (TPSA) is 0 Å². The van der Waals surface area contributed by atoms with E-state index >= 15 is 0 Å². The van der Waals surface area contributed by atoms with Crippen molar-refractivity contribution in [2.75, 3.05) is 0 Å². The Kier molecular flexibility index (Phi) is 5.32. The molecule has 0 spiro atoms. The highest BCUT2D eigenvalue weighted by molar-refractivity contribution is 9.09. The van der Waals surface area contributed by atoms with Gasteiger partial charge in [-0.05, 0) is 41.7 Å². The molecule has 100 valence electrons. The van der Waals surface area contributed by atoms with E-state index in [1.165, 1.54) is 16.7 Å². The number of aryl methyl sites for hydroxylation is 1. The van der Waals surface area contributed by atoms with Crippen molar-refractivity contribution in [3.63, 3.8) is 0 Å². The van der Waals surface area contributed by atoms with Gasteiger partial charge in [-0.3, -0.25) is 0 Å². The monoisotopic (exact) mass is 356 g/mol. The molecule has 0 saturated carbocycles. The molecule has 1 atom stereocenters. The van der Waals surface area contributed by atoms with Crippen LogP contribution in [-0.4, -0.2) is 0 Å². The summed E-state index contributed by atoms with van der Waals surface area (Å²) in [5.74, 6) is 0. The summed E-state index contributed by atoms with van der Waals surface area (Å²) in [5.41, 5.74) is 3.82. The minimum atomic E-state index is 0.288. The van der Waals surface area contributed by atoms with Crippen LogP contribution in [0.5, 0.6) is 0 Å². The first-order valence-electron chi connectivity index (χ1n) is 6.27. The van der Waals surface area contributed by atoms with E-state index in [1.807, 2.05) is 18.2 Å². The summed E-state index contributed by atoms with van der Waals surface area (Å²) in [5, 5.41) is 1.21. The summed E-state index contributed by atoms with van der Waals surface area (Å²) in [4.78, 5) is 0.288. The Morgan fingerprint density at radius 1 is 0.947 bits per heavy atom. The van der Waals surface area contributed by atoms with Crippen LogP contribution in [0.1, 0.15) is 28.4 Å². The molecule has 0 amide bonds. The van der Waals surface area contributed by atoms with Gasteiger partial charge in [0.05, 0.1) is 10.0 Å². The van der Waals surface area contributed by atoms with Crippen molar-refractivity contribution in [3.8, 4) is 0 Å². The molecule has 2 aromatic carbocycles. The molecule has 19 heavy (non-hydrogen) atoms. The predicted molar refractivity (Wildman–Crippen MR) is 87.7 cm³/mol. The van der Waals surface area contributed by atoms with Crippen molar-refractivity contribution in [2.24, 2.45) is 0 Å². The molecule has 0 fully saturated rings. The van der Waals surface area contributed by atoms with Crippen molar-refractivity contribution in [1.29, 1.82) is 0 Å². The van der Waals surface area contributed by atoms with Gasteiger partial charge in [-0.2, -0.15) is 0 Å². The average molecular weight is 358 g/mol. The third-order valence-electron chi connectivity index (χ3n) is 3.15. The average Bonchev–Trinajstić information content (AvgIpc) is 2.43. The first kappa shape index (κ1) is 14.9. The minimum absolute atomic E-state index is 0.288. The standard InChI is InChI=1S/C16H15BrCl2/c1-2-11-3-6-13(7-4-11)14(17)9-12-5-8-15(18)16(19)10-12/h3-8,10,14H,2,9H2,1H3. The van der Waals surface area contributed by atoms with E-state index < -0.39 is 0 Å². The molecule has 1 unspecified atom stereocenters. The van der Waals surface area contributed by atoms with Crippen molar-refractivity contribution in [3.05, 3.63) is 69.2 Å². The van der Waals surface area contributed by atoms with Gasteiger partial charge < -0.3 is 0 Å².